The van der Waals surface area contributed by atoms with E-state index in [0.29, 0.717) is 23.7 Å². The number of hydrogen-bond donors (Lipinski definition) is 1. The molecule has 2 nitrogen and oxygen atoms in total. The van der Waals surface area contributed by atoms with Crippen LogP contribution in [0.15, 0.2) is 0 Å². The first-order valence-electron chi connectivity index (χ1n) is 7.56. The smallest absolute Gasteiger partial charge is 0.303 e. The van der Waals surface area contributed by atoms with Crippen molar-refractivity contribution in [1.82, 2.24) is 0 Å². The number of fused-ring (bicyclic) bond motifs is 2. The van der Waals surface area contributed by atoms with Gasteiger partial charge in [-0.2, -0.15) is 0 Å². The average Bonchev–Trinajstić information content (AvgIpc) is 2.43. The monoisotopic (exact) mass is 250 g/mol. The Labute approximate surface area is 110 Å². The van der Waals surface area contributed by atoms with Gasteiger partial charge in [0.05, 0.1) is 6.42 Å². The van der Waals surface area contributed by atoms with Crippen LogP contribution in [-0.2, 0) is 4.79 Å². The Morgan fingerprint density at radius 2 is 1.83 bits per heavy atom. The molecular formula is C16H26O2. The molecule has 3 bridgehead atoms. The zero-order chi connectivity index (χ0) is 13.1. The molecule has 3 aliphatic carbocycles. The molecule has 3 rings (SSSR count). The van der Waals surface area contributed by atoms with Crippen LogP contribution in [0.2, 0.25) is 0 Å². The Kier molecular flexibility index (Phi) is 2.60. The first-order valence-corrected chi connectivity index (χ1v) is 7.56. The minimum Gasteiger partial charge on any atom is -0.481 e. The Morgan fingerprint density at radius 1 is 1.17 bits per heavy atom. The van der Waals surface area contributed by atoms with E-state index in [0.717, 1.165) is 18.3 Å². The summed E-state index contributed by atoms with van der Waals surface area (Å²) >= 11 is 0. The van der Waals surface area contributed by atoms with Gasteiger partial charge in [-0.1, -0.05) is 20.8 Å². The third-order valence-corrected chi connectivity index (χ3v) is 6.72. The van der Waals surface area contributed by atoms with E-state index in [1.54, 1.807) is 0 Å². The van der Waals surface area contributed by atoms with Gasteiger partial charge < -0.3 is 5.11 Å². The third kappa shape index (κ3) is 1.64. The van der Waals surface area contributed by atoms with Crippen molar-refractivity contribution in [1.29, 1.82) is 0 Å². The molecule has 0 aromatic carbocycles. The maximum absolute atomic E-state index is 11.4. The molecule has 3 fully saturated rings. The van der Waals surface area contributed by atoms with Crippen molar-refractivity contribution < 1.29 is 9.90 Å². The van der Waals surface area contributed by atoms with Crippen LogP contribution in [0.5, 0.6) is 0 Å². The van der Waals surface area contributed by atoms with Crippen molar-refractivity contribution >= 4 is 5.97 Å². The molecule has 102 valence electrons. The van der Waals surface area contributed by atoms with Gasteiger partial charge in [0.2, 0.25) is 0 Å². The quantitative estimate of drug-likeness (QED) is 0.805. The number of carbonyl (C=O) groups is 1. The molecule has 0 saturated heterocycles. The van der Waals surface area contributed by atoms with Crippen molar-refractivity contribution in [2.75, 3.05) is 0 Å². The van der Waals surface area contributed by atoms with Gasteiger partial charge in [-0.05, 0) is 66.6 Å². The van der Waals surface area contributed by atoms with Gasteiger partial charge in [0, 0.05) is 0 Å². The van der Waals surface area contributed by atoms with Crippen molar-refractivity contribution in [3.63, 3.8) is 0 Å². The standard InChI is InChI=1S/C16H26O2/c1-10-4-12-6-15(3)7-13(12)8-16(5-10,11(15)2)9-14(17)18/h10-13H,4-9H2,1-3H3,(H,17,18). The lowest BCUT2D eigenvalue weighted by atomic mass is 9.53. The van der Waals surface area contributed by atoms with Crippen LogP contribution >= 0.6 is 0 Å². The summed E-state index contributed by atoms with van der Waals surface area (Å²) in [6.45, 7) is 7.11. The molecular weight excluding hydrogens is 224 g/mol. The lowest BCUT2D eigenvalue weighted by molar-refractivity contribution is -0.144. The zero-order valence-electron chi connectivity index (χ0n) is 11.9. The molecule has 0 heterocycles. The fourth-order valence-electron chi connectivity index (χ4n) is 6.07. The largest absolute Gasteiger partial charge is 0.481 e. The number of hydrogen-bond acceptors (Lipinski definition) is 1. The second-order valence-electron chi connectivity index (χ2n) is 7.99. The topological polar surface area (TPSA) is 37.3 Å². The van der Waals surface area contributed by atoms with E-state index >= 15 is 0 Å². The molecule has 0 spiro atoms. The van der Waals surface area contributed by atoms with Crippen molar-refractivity contribution in [2.24, 2.45) is 34.5 Å². The molecule has 3 aliphatic rings. The maximum Gasteiger partial charge on any atom is 0.303 e. The fourth-order valence-corrected chi connectivity index (χ4v) is 6.07. The van der Waals surface area contributed by atoms with Gasteiger partial charge in [-0.15, -0.1) is 0 Å². The second-order valence-corrected chi connectivity index (χ2v) is 7.99. The highest BCUT2D eigenvalue weighted by molar-refractivity contribution is 5.68. The number of carboxylic acid groups (broad SMARTS) is 1. The van der Waals surface area contributed by atoms with E-state index in [-0.39, 0.29) is 5.41 Å². The molecule has 2 heteroatoms. The Morgan fingerprint density at radius 3 is 2.50 bits per heavy atom. The van der Waals surface area contributed by atoms with Crippen LogP contribution in [0.1, 0.15) is 59.3 Å². The Hall–Kier alpha value is -0.530. The van der Waals surface area contributed by atoms with Gasteiger partial charge >= 0.3 is 5.97 Å². The van der Waals surface area contributed by atoms with E-state index in [9.17, 15) is 9.90 Å². The molecule has 0 radical (unpaired) electrons. The zero-order valence-corrected chi connectivity index (χ0v) is 11.9. The highest BCUT2D eigenvalue weighted by Gasteiger charge is 2.60. The summed E-state index contributed by atoms with van der Waals surface area (Å²) in [5.74, 6) is 2.40. The normalized spacial score (nSPS) is 54.4. The predicted molar refractivity (Wildman–Crippen MR) is 71.2 cm³/mol. The van der Waals surface area contributed by atoms with Crippen molar-refractivity contribution in [3.8, 4) is 0 Å². The van der Waals surface area contributed by atoms with Gasteiger partial charge in [0.25, 0.3) is 0 Å². The van der Waals surface area contributed by atoms with Crippen LogP contribution in [0.25, 0.3) is 0 Å². The number of aliphatic carboxylic acids is 1. The van der Waals surface area contributed by atoms with E-state index < -0.39 is 5.97 Å². The second kappa shape index (κ2) is 3.74. The molecule has 0 amide bonds. The third-order valence-electron chi connectivity index (χ3n) is 6.72. The molecule has 0 aromatic rings. The average molecular weight is 250 g/mol. The van der Waals surface area contributed by atoms with Crippen LogP contribution in [-0.4, -0.2) is 11.1 Å². The van der Waals surface area contributed by atoms with E-state index in [1.165, 1.54) is 25.7 Å². The molecule has 1 N–H and O–H groups in total. The summed E-state index contributed by atoms with van der Waals surface area (Å²) in [7, 11) is 0. The Balaban J connectivity index is 2.01. The van der Waals surface area contributed by atoms with Gasteiger partial charge in [-0.25, -0.2) is 0 Å². The van der Waals surface area contributed by atoms with Crippen LogP contribution in [0.4, 0.5) is 0 Å². The summed E-state index contributed by atoms with van der Waals surface area (Å²) in [4.78, 5) is 11.4. The van der Waals surface area contributed by atoms with Crippen LogP contribution < -0.4 is 0 Å². The summed E-state index contributed by atoms with van der Waals surface area (Å²) in [6, 6.07) is 0. The van der Waals surface area contributed by atoms with Crippen LogP contribution in [0, 0.1) is 34.5 Å². The summed E-state index contributed by atoms with van der Waals surface area (Å²) in [5.41, 5.74) is 0.511. The molecule has 6 atom stereocenters. The molecule has 6 unspecified atom stereocenters. The minimum atomic E-state index is -0.586. The summed E-state index contributed by atoms with van der Waals surface area (Å²) < 4.78 is 0. The van der Waals surface area contributed by atoms with E-state index in [1.807, 2.05) is 0 Å². The summed E-state index contributed by atoms with van der Waals surface area (Å²) in [6.07, 6.45) is 6.78. The minimum absolute atomic E-state index is 0.0914. The number of rotatable bonds is 2. The molecule has 3 saturated carbocycles. The summed E-state index contributed by atoms with van der Waals surface area (Å²) in [5, 5.41) is 9.35. The Bertz CT molecular complexity index is 377. The van der Waals surface area contributed by atoms with Crippen molar-refractivity contribution in [2.45, 2.75) is 59.3 Å². The lowest BCUT2D eigenvalue weighted by Crippen LogP contribution is -2.44. The first-order chi connectivity index (χ1) is 8.35. The predicted octanol–water partition coefficient (Wildman–Crippen LogP) is 3.95. The first kappa shape index (κ1) is 12.5. The van der Waals surface area contributed by atoms with E-state index in [2.05, 4.69) is 20.8 Å². The highest BCUT2D eigenvalue weighted by atomic mass is 16.4. The molecule has 0 aliphatic heterocycles. The SMILES string of the molecule is CC1CC2CC3(C)CC2CC(CC(=O)O)(C1)C3C. The van der Waals surface area contributed by atoms with Gasteiger partial charge in [-0.3, -0.25) is 4.79 Å². The van der Waals surface area contributed by atoms with Gasteiger partial charge in [0.15, 0.2) is 0 Å². The lowest BCUT2D eigenvalue weighted by Gasteiger charge is -2.51. The molecule has 0 aromatic heterocycles. The van der Waals surface area contributed by atoms with E-state index in [4.69, 9.17) is 0 Å². The van der Waals surface area contributed by atoms with Crippen LogP contribution in [0.3, 0.4) is 0 Å². The number of carboxylic acids is 1. The molecule has 18 heavy (non-hydrogen) atoms. The van der Waals surface area contributed by atoms with Crippen molar-refractivity contribution in [3.05, 3.63) is 0 Å². The maximum atomic E-state index is 11.4. The fraction of sp³-hybridized carbons (Fsp3) is 0.938. The highest BCUT2D eigenvalue weighted by Crippen LogP contribution is 2.68. The van der Waals surface area contributed by atoms with Gasteiger partial charge in [0.1, 0.15) is 0 Å².